The summed E-state index contributed by atoms with van der Waals surface area (Å²) in [5.74, 6) is 0. The van der Waals surface area contributed by atoms with Crippen LogP contribution in [-0.4, -0.2) is 97.4 Å². The number of aromatic nitrogens is 6. The van der Waals surface area contributed by atoms with Crippen molar-refractivity contribution in [1.82, 2.24) is 29.9 Å². The van der Waals surface area contributed by atoms with E-state index in [4.69, 9.17) is 59.9 Å². The minimum Gasteiger partial charge on any atom is -0.283 e. The van der Waals surface area contributed by atoms with E-state index < -0.39 is 33.2 Å². The maximum Gasteiger partial charge on any atom is 0.0715 e. The van der Waals surface area contributed by atoms with Crippen molar-refractivity contribution >= 4 is 99.3 Å². The van der Waals surface area contributed by atoms with Crippen LogP contribution in [0.25, 0.3) is 144 Å². The van der Waals surface area contributed by atoms with Gasteiger partial charge >= 0.3 is 0 Å². The van der Waals surface area contributed by atoms with E-state index >= 15 is 0 Å². The predicted octanol–water partition coefficient (Wildman–Crippen LogP) is 29.2. The van der Waals surface area contributed by atoms with Crippen molar-refractivity contribution in [1.29, 1.82) is 0 Å². The molecule has 12 heteroatoms. The second kappa shape index (κ2) is 34.5. The summed E-state index contributed by atoms with van der Waals surface area (Å²) in [6, 6.07) is 118. The summed E-state index contributed by atoms with van der Waals surface area (Å²) >= 11 is 0. The van der Waals surface area contributed by atoms with E-state index in [0.717, 1.165) is 239 Å². The summed E-state index contributed by atoms with van der Waals surface area (Å²) in [5.41, 5.74) is 26.2. The molecule has 4 unspecified atom stereocenters. The van der Waals surface area contributed by atoms with E-state index in [1.165, 1.54) is 10.8 Å². The highest BCUT2D eigenvalue weighted by atomic mass is 15.0. The van der Waals surface area contributed by atoms with Crippen LogP contribution in [0, 0.1) is 0 Å². The van der Waals surface area contributed by atoms with Gasteiger partial charge in [-0.15, -0.1) is 0 Å². The number of nitrogens with zero attached hydrogens (tertiary/aromatic N) is 12. The first-order chi connectivity index (χ1) is 63.8. The Bertz CT molecular complexity index is 7410. The number of para-hydroxylation sites is 2. The predicted molar refractivity (Wildman–Crippen MR) is 553 cm³/mol. The smallest absolute Gasteiger partial charge is 0.0715 e. The third-order valence-electron chi connectivity index (χ3n) is 27.0. The third kappa shape index (κ3) is 18.1. The van der Waals surface area contributed by atoms with E-state index in [-0.39, 0.29) is 0 Å². The minimum absolute atomic E-state index is 0.508. The first kappa shape index (κ1) is 85.2. The lowest BCUT2D eigenvalue weighted by Crippen LogP contribution is -2.51. The molecule has 6 heterocycles. The molecule has 0 saturated heterocycles. The van der Waals surface area contributed by atoms with Gasteiger partial charge < -0.3 is 0 Å². The van der Waals surface area contributed by atoms with Gasteiger partial charge in [-0.2, -0.15) is 0 Å². The molecule has 2 aliphatic rings. The van der Waals surface area contributed by atoms with Crippen LogP contribution >= 0.6 is 0 Å². The summed E-state index contributed by atoms with van der Waals surface area (Å²) in [7, 11) is 0. The Kier molecular flexibility index (Phi) is 22.3. The summed E-state index contributed by atoms with van der Waals surface area (Å²) in [6.07, 6.45) is 10.4. The Morgan fingerprint density at radius 1 is 0.205 bits per heavy atom. The molecule has 0 N–H and O–H groups in total. The van der Waals surface area contributed by atoms with Gasteiger partial charge in [-0.05, 0) is 243 Å². The largest absolute Gasteiger partial charge is 0.283 e. The van der Waals surface area contributed by atoms with Crippen molar-refractivity contribution in [3.8, 4) is 78.7 Å². The Hall–Kier alpha value is -14.9. The van der Waals surface area contributed by atoms with Gasteiger partial charge in [0, 0.05) is 119 Å². The molecule has 6 aromatic heterocycles. The Morgan fingerprint density at radius 3 is 0.773 bits per heavy atom. The van der Waals surface area contributed by atoms with Crippen LogP contribution in [0.4, 0.5) is 0 Å². The zero-order chi connectivity index (χ0) is 90.7. The summed E-state index contributed by atoms with van der Waals surface area (Å²) < 4.78 is 0. The number of hydrogen-bond donors (Lipinski definition) is 0. The monoisotopic (exact) mass is 1710 g/mol. The van der Waals surface area contributed by atoms with E-state index in [1.54, 1.807) is 0 Å². The number of fused-ring (bicyclic) bond motifs is 6. The highest BCUT2D eigenvalue weighted by molar-refractivity contribution is 6.05. The Labute approximate surface area is 773 Å². The molecule has 0 radical (unpaired) electrons. The quantitative estimate of drug-likeness (QED) is 0.0735. The van der Waals surface area contributed by atoms with Crippen LogP contribution in [0.1, 0.15) is 155 Å². The number of pyridine rings is 6. The molecule has 0 aliphatic heterocycles. The molecule has 20 rings (SSSR count). The van der Waals surface area contributed by atoms with Crippen LogP contribution in [0.15, 0.2) is 382 Å². The molecule has 12 nitrogen and oxygen atoms in total. The zero-order valence-electron chi connectivity index (χ0n) is 77.1. The fraction of sp³-hybridized carbons (Fsp3) is 0.200. The van der Waals surface area contributed by atoms with E-state index in [1.807, 2.05) is 30.7 Å². The Morgan fingerprint density at radius 2 is 0.447 bits per heavy atom. The van der Waals surface area contributed by atoms with E-state index in [0.29, 0.717) is 0 Å². The normalized spacial score (nSPS) is 20.7. The van der Waals surface area contributed by atoms with Crippen LogP contribution in [0.3, 0.4) is 0 Å². The molecule has 2 saturated carbocycles. The zero-order valence-corrected chi connectivity index (χ0v) is 77.1. The van der Waals surface area contributed by atoms with Crippen molar-refractivity contribution in [3.05, 3.63) is 386 Å². The van der Waals surface area contributed by atoms with Gasteiger partial charge in [0.05, 0.1) is 83.9 Å². The van der Waals surface area contributed by atoms with Gasteiger partial charge in [0.25, 0.3) is 0 Å². The van der Waals surface area contributed by atoms with Crippen LogP contribution in [-0.2, 0) is 0 Å². The average molecular weight is 1720 g/mol. The first-order valence-corrected chi connectivity index (χ1v) is 46.0. The molecule has 18 aromatic rings. The lowest BCUT2D eigenvalue weighted by molar-refractivity contribution is 0.148. The molecule has 0 amide bonds. The SMILES string of the molecule is CC(=NC1(C)CC(C)(N=C(C)c2ccc(-c3cc4ccccc4cn3)cc2)CC(C)(N=C(C)c2ccc(-c3cc4ccc(-c5cccc6nc(-c7ccc(C(C)=NC8(C)CC(C)(N=C(C)c9ccc(-c%10ccc%11ccccc%11n%10)cc9)CC(C)(N=C(C)c9ccc(-c%10ccc%11ccccc%11n%10)cc9)C8)cc7)ccc56)cc4cn3)cc2)C1)c1ccc(-c2cc3ccccc3cn2)cc1. The molecule has 12 aromatic carbocycles. The van der Waals surface area contributed by atoms with Crippen LogP contribution in [0.2, 0.25) is 0 Å². The maximum atomic E-state index is 5.75. The number of aliphatic imine (C=N–C) groups is 6. The topological polar surface area (TPSA) is 152 Å². The first-order valence-electron chi connectivity index (χ1n) is 46.0. The molecule has 4 atom stereocenters. The summed E-state index contributed by atoms with van der Waals surface area (Å²) in [5, 5.41) is 10.1. The fourth-order valence-electron chi connectivity index (χ4n) is 21.9. The highest BCUT2D eigenvalue weighted by Crippen LogP contribution is 2.50. The van der Waals surface area contributed by atoms with Crippen molar-refractivity contribution in [3.63, 3.8) is 0 Å². The fourth-order valence-corrected chi connectivity index (χ4v) is 21.9. The standard InChI is InChI=1S/C120H106N12/c1-77(83-32-44-91(45-33-83)108-61-58-89-22-17-19-29-106(89)124-108)127-115(7)71-116(8,128-78(2)84-34-46-92(47-35-84)109-62-59-90-23-18-20-30-107(90)125-109)73-117(9,72-115)129-79(3)85-36-48-93(49-37-85)110-63-60-105-104(28-21-31-111(105)126-110)100-57-56-99-67-114(123-70-103(99)64-100)96-54-42-88(43-55-96)82(6)132-120(12)75-118(10,130-80(4)86-38-50-94(51-39-86)112-65-97-24-13-15-26-101(97)68-121-112)74-119(11,76-120)131-81(5)87-40-52-95(53-41-87)113-66-98-25-14-16-27-102(98)69-122-113/h13-70H,71-76H2,1-12H3. The second-order valence-electron chi connectivity index (χ2n) is 38.5. The molecule has 2 fully saturated rings. The van der Waals surface area contributed by atoms with Crippen molar-refractivity contribution in [2.24, 2.45) is 30.0 Å². The average Bonchev–Trinajstić information content (AvgIpc) is 0.752. The van der Waals surface area contributed by atoms with E-state index in [2.05, 4.69) is 405 Å². The molecule has 0 spiro atoms. The van der Waals surface area contributed by atoms with Crippen LogP contribution in [0.5, 0.6) is 0 Å². The van der Waals surface area contributed by atoms with Crippen molar-refractivity contribution in [2.45, 2.75) is 155 Å². The third-order valence-corrected chi connectivity index (χ3v) is 27.0. The van der Waals surface area contributed by atoms with Crippen molar-refractivity contribution in [2.75, 3.05) is 0 Å². The van der Waals surface area contributed by atoms with Crippen molar-refractivity contribution < 1.29 is 0 Å². The Balaban J connectivity index is 0.531. The van der Waals surface area contributed by atoms with Gasteiger partial charge in [0.2, 0.25) is 0 Å². The van der Waals surface area contributed by atoms with Gasteiger partial charge in [-0.25, -0.2) is 15.0 Å². The van der Waals surface area contributed by atoms with Gasteiger partial charge in [-0.3, -0.25) is 44.9 Å². The number of rotatable bonds is 19. The summed E-state index contributed by atoms with van der Waals surface area (Å²) in [6.45, 7) is 26.7. The van der Waals surface area contributed by atoms with E-state index in [9.17, 15) is 0 Å². The summed E-state index contributed by atoms with van der Waals surface area (Å²) in [4.78, 5) is 64.4. The molecular formula is C120H106N12. The van der Waals surface area contributed by atoms with Crippen LogP contribution < -0.4 is 0 Å². The lowest BCUT2D eigenvalue weighted by atomic mass is 9.65. The van der Waals surface area contributed by atoms with Gasteiger partial charge in [0.1, 0.15) is 0 Å². The van der Waals surface area contributed by atoms with Gasteiger partial charge in [0.15, 0.2) is 0 Å². The molecule has 132 heavy (non-hydrogen) atoms. The second-order valence-corrected chi connectivity index (χ2v) is 38.5. The maximum absolute atomic E-state index is 5.75. The van der Waals surface area contributed by atoms with Gasteiger partial charge in [-0.1, -0.05) is 273 Å². The minimum atomic E-state index is -0.521. The number of hydrogen-bond acceptors (Lipinski definition) is 12. The molecule has 646 valence electrons. The molecule has 2 aliphatic carbocycles. The molecular weight excluding hydrogens is 1610 g/mol. The molecule has 0 bridgehead atoms. The lowest BCUT2D eigenvalue weighted by Gasteiger charge is -2.48. The highest BCUT2D eigenvalue weighted by Gasteiger charge is 2.51. The number of benzene rings is 12.